The quantitative estimate of drug-likeness (QED) is 0.0994. The molecule has 8 nitrogen and oxygen atoms in total. The van der Waals surface area contributed by atoms with E-state index in [0.717, 1.165) is 56.1 Å². The number of benzene rings is 2. The maximum atomic E-state index is 13.0. The van der Waals surface area contributed by atoms with Gasteiger partial charge < -0.3 is 24.4 Å². The van der Waals surface area contributed by atoms with Gasteiger partial charge in [-0.1, -0.05) is 63.6 Å². The summed E-state index contributed by atoms with van der Waals surface area (Å²) in [5.74, 6) is -5.27. The molecule has 0 fully saturated rings. The van der Waals surface area contributed by atoms with Crippen molar-refractivity contribution in [1.82, 2.24) is 0 Å². The van der Waals surface area contributed by atoms with Crippen LogP contribution in [0.3, 0.4) is 0 Å². The molecule has 0 bridgehead atoms. The van der Waals surface area contributed by atoms with Gasteiger partial charge in [-0.25, -0.2) is 9.59 Å². The van der Waals surface area contributed by atoms with Crippen LogP contribution in [0.2, 0.25) is 0 Å². The van der Waals surface area contributed by atoms with Crippen molar-refractivity contribution in [3.8, 4) is 17.2 Å². The second kappa shape index (κ2) is 17.8. The molecule has 1 heterocycles. The van der Waals surface area contributed by atoms with Crippen LogP contribution in [0, 0.1) is 0 Å². The number of alkyl halides is 5. The molecule has 2 aromatic rings. The minimum absolute atomic E-state index is 0.0478. The van der Waals surface area contributed by atoms with Crippen molar-refractivity contribution in [1.29, 1.82) is 0 Å². The summed E-state index contributed by atoms with van der Waals surface area (Å²) in [5.41, 5.74) is 1.55. The summed E-state index contributed by atoms with van der Waals surface area (Å²) in [4.78, 5) is 21.8. The fraction of sp³-hybridized carbons (Fsp3) is 0.588. The van der Waals surface area contributed by atoms with Crippen molar-refractivity contribution in [3.05, 3.63) is 53.6 Å². The number of carboxylic acids is 2. The lowest BCUT2D eigenvalue weighted by Crippen LogP contribution is -2.40. The Labute approximate surface area is 279 Å². The summed E-state index contributed by atoms with van der Waals surface area (Å²) in [6.07, 6.45) is -0.405. The van der Waals surface area contributed by atoms with Gasteiger partial charge in [0.1, 0.15) is 17.2 Å². The van der Waals surface area contributed by atoms with Gasteiger partial charge in [0.2, 0.25) is 0 Å². The van der Waals surface area contributed by atoms with Gasteiger partial charge in [0.15, 0.2) is 13.2 Å². The van der Waals surface area contributed by atoms with Crippen molar-refractivity contribution < 1.29 is 60.2 Å². The van der Waals surface area contributed by atoms with Crippen LogP contribution in [0.25, 0.3) is 0 Å². The molecule has 0 aromatic heterocycles. The van der Waals surface area contributed by atoms with Crippen LogP contribution in [-0.2, 0) is 25.8 Å². The van der Waals surface area contributed by atoms with E-state index in [1.165, 1.54) is 0 Å². The summed E-state index contributed by atoms with van der Waals surface area (Å²) >= 11 is 0. The van der Waals surface area contributed by atoms with E-state index in [4.69, 9.17) is 24.4 Å². The molecular weight excluding hydrogens is 663 g/mol. The molecule has 1 aliphatic rings. The number of rotatable bonds is 21. The number of carbonyl (C=O) groups is 2. The largest absolute Gasteiger partial charge is 0.492 e. The van der Waals surface area contributed by atoms with Gasteiger partial charge >= 0.3 is 24.0 Å². The number of carboxylic acid groups (broad SMARTS) is 2. The lowest BCUT2D eigenvalue weighted by atomic mass is 9.66. The van der Waals surface area contributed by atoms with E-state index < -0.39 is 66.3 Å². The number of hydrogen-bond acceptors (Lipinski definition) is 6. The molecule has 0 amide bonds. The second-order valence-electron chi connectivity index (χ2n) is 12.3. The van der Waals surface area contributed by atoms with E-state index in [0.29, 0.717) is 30.3 Å². The number of halogens is 5. The Hall–Kier alpha value is -3.42. The predicted octanol–water partition coefficient (Wildman–Crippen LogP) is 7.89. The van der Waals surface area contributed by atoms with E-state index in [9.17, 15) is 35.8 Å². The molecule has 2 N–H and O–H groups in total. The van der Waals surface area contributed by atoms with E-state index in [-0.39, 0.29) is 17.4 Å². The fourth-order valence-electron chi connectivity index (χ4n) is 5.86. The molecule has 14 heteroatoms. The summed E-state index contributed by atoms with van der Waals surface area (Å²) in [7, 11) is -1.42. The van der Waals surface area contributed by atoms with Crippen molar-refractivity contribution in [2.75, 3.05) is 31.3 Å². The third-order valence-electron chi connectivity index (χ3n) is 8.54. The molecule has 0 saturated heterocycles. The molecule has 0 spiro atoms. The molecule has 0 aliphatic carbocycles. The Morgan fingerprint density at radius 1 is 0.833 bits per heavy atom. The maximum absolute atomic E-state index is 13.0. The topological polar surface area (TPSA) is 119 Å². The van der Waals surface area contributed by atoms with Crippen LogP contribution in [-0.4, -0.2) is 69.8 Å². The number of aliphatic carboxylic acids is 2. The molecular formula is C34H43F5O8S. The molecule has 2 aromatic carbocycles. The van der Waals surface area contributed by atoms with E-state index in [1.54, 1.807) is 24.3 Å². The third-order valence-corrected chi connectivity index (χ3v) is 10.0. The Morgan fingerprint density at radius 3 is 1.98 bits per heavy atom. The SMILES string of the molecule is CC1(c2ccc(OCC(=O)O)cc2)COc2cc(OCC(=O)O)ccc2C1CCCCCCCCCS(=O)CCCC(F)(F)C(F)(F)F. The Kier molecular flexibility index (Phi) is 14.5. The monoisotopic (exact) mass is 706 g/mol. The normalized spacial score (nSPS) is 18.4. The summed E-state index contributed by atoms with van der Waals surface area (Å²) < 4.78 is 91.6. The minimum Gasteiger partial charge on any atom is -0.492 e. The van der Waals surface area contributed by atoms with Crippen molar-refractivity contribution in [2.45, 2.75) is 94.6 Å². The minimum atomic E-state index is -5.58. The Balaban J connectivity index is 1.50. The predicted molar refractivity (Wildman–Crippen MR) is 170 cm³/mol. The van der Waals surface area contributed by atoms with E-state index in [2.05, 4.69) is 6.92 Å². The molecule has 0 radical (unpaired) electrons. The number of ether oxygens (including phenoxy) is 3. The van der Waals surface area contributed by atoms with Crippen LogP contribution in [0.1, 0.15) is 88.2 Å². The first kappa shape index (κ1) is 39.0. The van der Waals surface area contributed by atoms with Gasteiger partial charge in [-0.2, -0.15) is 22.0 Å². The van der Waals surface area contributed by atoms with Gasteiger partial charge in [-0.15, -0.1) is 0 Å². The molecule has 268 valence electrons. The zero-order chi connectivity index (χ0) is 35.4. The standard InChI is InChI=1S/C34H43F5O8S/c1-32(24-11-13-25(14-12-24)45-21-30(40)41)23-47-29-20-26(46-22-31(42)43)15-16-27(29)28(32)10-7-5-3-2-4-6-8-18-48(44)19-9-17-33(35,36)34(37,38)39/h11-16,20,28H,2-10,17-19,21-23H2,1H3,(H,40,41)(H,42,43). The number of hydrogen-bond donors (Lipinski definition) is 2. The van der Waals surface area contributed by atoms with Crippen LogP contribution in [0.15, 0.2) is 42.5 Å². The molecule has 3 rings (SSSR count). The lowest BCUT2D eigenvalue weighted by Gasteiger charge is -2.43. The highest BCUT2D eigenvalue weighted by Gasteiger charge is 2.56. The van der Waals surface area contributed by atoms with Crippen molar-refractivity contribution >= 4 is 22.7 Å². The average Bonchev–Trinajstić information content (AvgIpc) is 3.02. The van der Waals surface area contributed by atoms with Gasteiger partial charge in [0.05, 0.1) is 6.61 Å². The van der Waals surface area contributed by atoms with Crippen LogP contribution >= 0.6 is 0 Å². The van der Waals surface area contributed by atoms with Crippen LogP contribution in [0.4, 0.5) is 22.0 Å². The second-order valence-corrected chi connectivity index (χ2v) is 14.0. The van der Waals surface area contributed by atoms with Crippen LogP contribution in [0.5, 0.6) is 17.2 Å². The molecule has 3 unspecified atom stereocenters. The number of fused-ring (bicyclic) bond motifs is 1. The molecule has 48 heavy (non-hydrogen) atoms. The zero-order valence-corrected chi connectivity index (χ0v) is 27.7. The lowest BCUT2D eigenvalue weighted by molar-refractivity contribution is -0.284. The Morgan fingerprint density at radius 2 is 1.38 bits per heavy atom. The first-order chi connectivity index (χ1) is 22.6. The first-order valence-corrected chi connectivity index (χ1v) is 17.5. The van der Waals surface area contributed by atoms with E-state index in [1.807, 2.05) is 18.2 Å². The van der Waals surface area contributed by atoms with Crippen LogP contribution < -0.4 is 14.2 Å². The van der Waals surface area contributed by atoms with Crippen molar-refractivity contribution in [2.24, 2.45) is 0 Å². The summed E-state index contributed by atoms with van der Waals surface area (Å²) in [5, 5.41) is 17.9. The average molecular weight is 707 g/mol. The van der Waals surface area contributed by atoms with Gasteiger partial charge in [-0.05, 0) is 48.6 Å². The smallest absolute Gasteiger partial charge is 0.453 e. The summed E-state index contributed by atoms with van der Waals surface area (Å²) in [6, 6.07) is 12.6. The fourth-order valence-corrected chi connectivity index (χ4v) is 7.06. The van der Waals surface area contributed by atoms with Gasteiger partial charge in [0.25, 0.3) is 0 Å². The third kappa shape index (κ3) is 11.6. The number of unbranched alkanes of at least 4 members (excludes halogenated alkanes) is 6. The highest BCUT2D eigenvalue weighted by Crippen LogP contribution is 2.50. The van der Waals surface area contributed by atoms with Gasteiger partial charge in [-0.3, -0.25) is 4.21 Å². The zero-order valence-electron chi connectivity index (χ0n) is 26.9. The Bertz CT molecular complexity index is 1370. The maximum Gasteiger partial charge on any atom is 0.453 e. The van der Waals surface area contributed by atoms with Gasteiger partial charge in [0, 0.05) is 46.1 Å². The molecule has 3 atom stereocenters. The molecule has 0 saturated carbocycles. The summed E-state index contributed by atoms with van der Waals surface area (Å²) in [6.45, 7) is 1.56. The van der Waals surface area contributed by atoms with Crippen molar-refractivity contribution in [3.63, 3.8) is 0 Å². The first-order valence-electron chi connectivity index (χ1n) is 16.0. The molecule has 1 aliphatic heterocycles. The highest BCUT2D eigenvalue weighted by atomic mass is 32.2. The highest BCUT2D eigenvalue weighted by molar-refractivity contribution is 7.84. The van der Waals surface area contributed by atoms with E-state index >= 15 is 0 Å².